The van der Waals surface area contributed by atoms with Crippen molar-refractivity contribution in [1.29, 1.82) is 0 Å². The Hall–Kier alpha value is -5.23. The molecule has 2 bridgehead atoms. The van der Waals surface area contributed by atoms with Crippen LogP contribution in [-0.2, 0) is 47.7 Å². The second kappa shape index (κ2) is 28.4. The molecule has 0 aromatic rings. The molecule has 19 heteroatoms. The first-order valence-electron chi connectivity index (χ1n) is 25.6. The Labute approximate surface area is 430 Å². The molecule has 3 fully saturated rings. The Bertz CT molecular complexity index is 2120. The number of terminal acetylenes is 1. The van der Waals surface area contributed by atoms with E-state index in [0.29, 0.717) is 50.5 Å². The van der Waals surface area contributed by atoms with Crippen LogP contribution >= 0.6 is 0 Å². The third-order valence-corrected chi connectivity index (χ3v) is 14.9. The minimum Gasteiger partial charge on any atom is -0.459 e. The van der Waals surface area contributed by atoms with E-state index in [1.165, 1.54) is 27.2 Å². The van der Waals surface area contributed by atoms with Crippen LogP contribution in [0.25, 0.3) is 0 Å². The molecule has 0 aromatic heterocycles. The zero-order valence-electron chi connectivity index (χ0n) is 43.8. The average molecular weight is 1030 g/mol. The number of hydrogen-bond donors (Lipinski definition) is 6. The van der Waals surface area contributed by atoms with E-state index in [4.69, 9.17) is 35.8 Å². The molecule has 4 rings (SSSR count). The summed E-state index contributed by atoms with van der Waals surface area (Å²) in [5.74, 6) is -7.28. The fourth-order valence-corrected chi connectivity index (χ4v) is 10.3. The molecular weight excluding hydrogens is 945 g/mol. The smallest absolute Gasteiger partial charge is 0.408 e. The topological polar surface area (TPSA) is 280 Å². The average Bonchev–Trinajstić information content (AvgIpc) is 3.37. The van der Waals surface area contributed by atoms with Crippen molar-refractivity contribution in [3.05, 3.63) is 47.6 Å². The van der Waals surface area contributed by atoms with Gasteiger partial charge in [0.05, 0.1) is 31.4 Å². The van der Waals surface area contributed by atoms with Crippen molar-refractivity contribution in [2.45, 2.75) is 179 Å². The van der Waals surface area contributed by atoms with Gasteiger partial charge in [0.2, 0.25) is 5.79 Å². The van der Waals surface area contributed by atoms with Crippen LogP contribution in [0.5, 0.6) is 0 Å². The van der Waals surface area contributed by atoms with Gasteiger partial charge < -0.3 is 60.3 Å². The number of methoxy groups -OCH3 is 2. The third-order valence-electron chi connectivity index (χ3n) is 14.9. The number of piperidine rings is 1. The van der Waals surface area contributed by atoms with E-state index in [0.717, 1.165) is 4.90 Å². The monoisotopic (exact) mass is 1020 g/mol. The molecule has 0 spiro atoms. The maximum Gasteiger partial charge on any atom is 0.408 e. The van der Waals surface area contributed by atoms with Crippen molar-refractivity contribution in [3.63, 3.8) is 0 Å². The van der Waals surface area contributed by atoms with Crippen LogP contribution in [0, 0.1) is 41.9 Å². The van der Waals surface area contributed by atoms with Gasteiger partial charge in [0, 0.05) is 43.9 Å². The van der Waals surface area contributed by atoms with Crippen molar-refractivity contribution in [3.8, 4) is 12.3 Å². The van der Waals surface area contributed by atoms with Crippen LogP contribution in [0.4, 0.5) is 9.59 Å². The van der Waals surface area contributed by atoms with Gasteiger partial charge in [-0.15, -0.1) is 6.42 Å². The van der Waals surface area contributed by atoms with Gasteiger partial charge in [-0.25, -0.2) is 14.4 Å². The highest BCUT2D eigenvalue weighted by Crippen LogP contribution is 2.37. The number of alkyl carbamates (subject to hydrolysis) is 2. The number of allylic oxidation sites excluding steroid dienone is 6. The van der Waals surface area contributed by atoms with Crippen molar-refractivity contribution in [1.82, 2.24) is 15.5 Å². The zero-order valence-corrected chi connectivity index (χ0v) is 43.8. The number of carbonyl (C=O) groups excluding carboxylic acids is 7. The van der Waals surface area contributed by atoms with Crippen molar-refractivity contribution >= 4 is 41.4 Å². The lowest BCUT2D eigenvalue weighted by Crippen LogP contribution is -2.61. The van der Waals surface area contributed by atoms with Gasteiger partial charge >= 0.3 is 18.2 Å². The number of fused-ring (bicyclic) bond motifs is 3. The highest BCUT2D eigenvalue weighted by Gasteiger charge is 2.53. The Balaban J connectivity index is 1.70. The predicted molar refractivity (Wildman–Crippen MR) is 269 cm³/mol. The number of hydrogen-bond acceptors (Lipinski definition) is 16. The predicted octanol–water partition coefficient (Wildman–Crippen LogP) is 4.29. The van der Waals surface area contributed by atoms with Crippen molar-refractivity contribution < 1.29 is 72.6 Å². The summed E-state index contributed by atoms with van der Waals surface area (Å²) in [5, 5.41) is 39.9. The van der Waals surface area contributed by atoms with Gasteiger partial charge in [-0.2, -0.15) is 0 Å². The second-order valence-corrected chi connectivity index (χ2v) is 20.5. The maximum atomic E-state index is 14.5. The third kappa shape index (κ3) is 16.9. The van der Waals surface area contributed by atoms with E-state index in [1.54, 1.807) is 52.0 Å². The van der Waals surface area contributed by atoms with Gasteiger partial charge in [0.15, 0.2) is 12.4 Å². The zero-order chi connectivity index (χ0) is 54.2. The second-order valence-electron chi connectivity index (χ2n) is 20.5. The van der Waals surface area contributed by atoms with Crippen LogP contribution in [0.15, 0.2) is 47.6 Å². The summed E-state index contributed by atoms with van der Waals surface area (Å²) in [6.07, 6.45) is 11.8. The molecule has 1 aliphatic carbocycles. The number of Topliss-reactive ketones (excluding diaryl/α,β-unsaturated/α-hetero) is 3. The number of amides is 3. The van der Waals surface area contributed by atoms with Gasteiger partial charge in [0.1, 0.15) is 30.1 Å². The minimum atomic E-state index is -2.58. The molecule has 3 heterocycles. The lowest BCUT2D eigenvalue weighted by atomic mass is 9.79. The summed E-state index contributed by atoms with van der Waals surface area (Å²) in [6.45, 7) is 9.80. The number of carbonyl (C=O) groups is 7. The highest BCUT2D eigenvalue weighted by atomic mass is 16.6. The first-order chi connectivity index (χ1) is 34.5. The lowest BCUT2D eigenvalue weighted by molar-refractivity contribution is -0.264. The summed E-state index contributed by atoms with van der Waals surface area (Å²) in [5.41, 5.74) is 7.74. The quantitative estimate of drug-likeness (QED) is 0.0682. The number of esters is 1. The number of aliphatic hydroxyl groups is 3. The van der Waals surface area contributed by atoms with E-state index >= 15 is 0 Å². The lowest BCUT2D eigenvalue weighted by Gasteiger charge is -2.43. The van der Waals surface area contributed by atoms with E-state index in [9.17, 15) is 48.9 Å². The van der Waals surface area contributed by atoms with E-state index in [1.807, 2.05) is 13.0 Å². The SMILES string of the molecule is C#CCOC(=O)N[C@H]1CC[C@@H](C[C@@H](N)[C@@H]2CC(=O)[C@H](C)/C=C(\C)[C@@H](O)[C@@H](O)C(=O)[C@H](C)C[C@H](C)/C=C/C=C/C=C(\C)C(NC(=O)OC)C[C@@H]3CC[C@@H](C)[C@@](O)(O3)C(=O)C(=O)N3CCCC[C@H]3C(=O)O2)C[C@H]1OC. The molecule has 19 nitrogen and oxygen atoms in total. The van der Waals surface area contributed by atoms with Gasteiger partial charge in [0.25, 0.3) is 11.7 Å². The summed E-state index contributed by atoms with van der Waals surface area (Å²) in [7, 11) is 2.73. The number of nitrogens with two attached hydrogens (primary N) is 1. The van der Waals surface area contributed by atoms with Crippen LogP contribution in [0.3, 0.4) is 0 Å². The molecule has 3 amide bonds. The van der Waals surface area contributed by atoms with Gasteiger partial charge in [-0.3, -0.25) is 19.2 Å². The Morgan fingerprint density at radius 3 is 2.33 bits per heavy atom. The summed E-state index contributed by atoms with van der Waals surface area (Å²) in [4.78, 5) is 96.6. The Kier molecular flexibility index (Phi) is 23.5. The van der Waals surface area contributed by atoms with E-state index in [2.05, 4.69) is 16.6 Å². The fraction of sp³-hybridized carbons (Fsp3) is 0.685. The Morgan fingerprint density at radius 1 is 0.918 bits per heavy atom. The van der Waals surface area contributed by atoms with Gasteiger partial charge in [-0.05, 0) is 102 Å². The maximum absolute atomic E-state index is 14.5. The summed E-state index contributed by atoms with van der Waals surface area (Å²) < 4.78 is 27.9. The van der Waals surface area contributed by atoms with Crippen LogP contribution < -0.4 is 16.4 Å². The van der Waals surface area contributed by atoms with E-state index < -0.39 is 126 Å². The molecule has 406 valence electrons. The molecule has 1 unspecified atom stereocenters. The molecule has 0 aromatic carbocycles. The minimum absolute atomic E-state index is 0.0207. The first-order valence-corrected chi connectivity index (χ1v) is 25.6. The van der Waals surface area contributed by atoms with Crippen LogP contribution in [0.1, 0.15) is 119 Å². The van der Waals surface area contributed by atoms with Crippen molar-refractivity contribution in [2.24, 2.45) is 35.3 Å². The molecule has 7 N–H and O–H groups in total. The molecule has 0 radical (unpaired) electrons. The van der Waals surface area contributed by atoms with E-state index in [-0.39, 0.29) is 56.2 Å². The van der Waals surface area contributed by atoms with Gasteiger partial charge in [-0.1, -0.05) is 75.6 Å². The fourth-order valence-electron chi connectivity index (χ4n) is 10.3. The highest BCUT2D eigenvalue weighted by molar-refractivity contribution is 6.39. The largest absolute Gasteiger partial charge is 0.459 e. The number of nitrogens with one attached hydrogen (secondary N) is 2. The normalized spacial score (nSPS) is 36.8. The Morgan fingerprint density at radius 2 is 1.64 bits per heavy atom. The summed E-state index contributed by atoms with van der Waals surface area (Å²) >= 11 is 0. The summed E-state index contributed by atoms with van der Waals surface area (Å²) in [6, 6.07) is -3.31. The molecular formula is C54H80N4O15. The van der Waals surface area contributed by atoms with Crippen LogP contribution in [0.2, 0.25) is 0 Å². The molecule has 2 saturated heterocycles. The standard InChI is InChI=1S/C54H80N4O15/c1-10-24-71-53(67)56-40-22-20-37(28-45(40)69-8)27-39(55)44-30-43(59)33(4)26-35(6)47(61)48(62)46(60)34(5)25-31(2)16-12-11-13-17-32(3)41(57-52(66)70-9)29-38-21-19-36(7)54(68,73-38)49(63)50(64)58-23-15-14-18-42(58)51(65)72-44/h1,11-13,16-17,26,31,33-34,36-42,44-45,47-48,61-62,68H,14-15,18-25,27-30,55H2,2-9H3,(H,56,67)(H,57,66)/b13-11+,16-12+,32-17+,35-26+/t31-,33-,34-,36-,37+,38+,39-,40+,41?,42+,44+,45-,47-,48+,54-/m1/s1. The number of nitrogens with zero attached hydrogens (tertiary/aromatic N) is 1. The first kappa shape index (κ1) is 60.3. The molecule has 15 atom stereocenters. The molecule has 1 saturated carbocycles. The number of ketones is 3. The number of ether oxygens (including phenoxy) is 5. The van der Waals surface area contributed by atoms with Crippen molar-refractivity contribution in [2.75, 3.05) is 27.4 Å². The molecule has 4 aliphatic rings. The number of cyclic esters (lactones) is 1. The molecule has 73 heavy (non-hydrogen) atoms. The molecule has 3 aliphatic heterocycles. The van der Waals surface area contributed by atoms with Crippen LogP contribution in [-0.4, -0.2) is 149 Å². The number of aliphatic hydroxyl groups excluding tert-OH is 2. The number of rotatable bonds is 7.